The third-order valence-electron chi connectivity index (χ3n) is 5.56. The van der Waals surface area contributed by atoms with Crippen molar-refractivity contribution in [2.75, 3.05) is 39.0 Å². The maximum atomic E-state index is 14.5. The second kappa shape index (κ2) is 10.7. The standard InChI is InChI=1S/C22H28ClFN4O3S/c1-32(30,31)26-15-21(18-4-2-3-5-19(18)24)27-10-12-28(13-11-27)22(29)20(25)14-16-6-8-17(23)9-7-16/h2-9,20-21,26H,10-15,25H2,1H3/t20-,21?/m1/s1. The number of halogens is 2. The van der Waals surface area contributed by atoms with Gasteiger partial charge in [-0.3, -0.25) is 9.69 Å². The van der Waals surface area contributed by atoms with Crippen LogP contribution < -0.4 is 10.5 Å². The summed E-state index contributed by atoms with van der Waals surface area (Å²) in [6.07, 6.45) is 1.48. The van der Waals surface area contributed by atoms with E-state index in [0.717, 1.165) is 11.8 Å². The van der Waals surface area contributed by atoms with E-state index in [2.05, 4.69) is 4.72 Å². The highest BCUT2D eigenvalue weighted by Gasteiger charge is 2.30. The number of hydrogen-bond donors (Lipinski definition) is 2. The minimum absolute atomic E-state index is 0.0454. The summed E-state index contributed by atoms with van der Waals surface area (Å²) in [6, 6.07) is 12.4. The fourth-order valence-corrected chi connectivity index (χ4v) is 4.45. The van der Waals surface area contributed by atoms with Gasteiger partial charge in [0, 0.05) is 43.3 Å². The molecule has 32 heavy (non-hydrogen) atoms. The van der Waals surface area contributed by atoms with Gasteiger partial charge in [-0.2, -0.15) is 0 Å². The van der Waals surface area contributed by atoms with Gasteiger partial charge in [0.25, 0.3) is 0 Å². The molecule has 0 spiro atoms. The summed E-state index contributed by atoms with van der Waals surface area (Å²) in [5.41, 5.74) is 7.51. The average molecular weight is 483 g/mol. The van der Waals surface area contributed by atoms with E-state index >= 15 is 0 Å². The Morgan fingerprint density at radius 1 is 1.12 bits per heavy atom. The Bertz CT molecular complexity index is 1030. The predicted octanol–water partition coefficient (Wildman–Crippen LogP) is 1.78. The van der Waals surface area contributed by atoms with Crippen LogP contribution in [-0.2, 0) is 21.2 Å². The largest absolute Gasteiger partial charge is 0.339 e. The zero-order chi connectivity index (χ0) is 23.3. The van der Waals surface area contributed by atoms with Crippen LogP contribution in [0.5, 0.6) is 0 Å². The highest BCUT2D eigenvalue weighted by molar-refractivity contribution is 7.88. The van der Waals surface area contributed by atoms with Crippen molar-refractivity contribution in [1.29, 1.82) is 0 Å². The second-order valence-corrected chi connectivity index (χ2v) is 10.2. The molecule has 0 saturated carbocycles. The molecule has 1 heterocycles. The van der Waals surface area contributed by atoms with Gasteiger partial charge in [0.15, 0.2) is 0 Å². The first kappa shape index (κ1) is 24.6. The van der Waals surface area contributed by atoms with Crippen LogP contribution in [0.15, 0.2) is 48.5 Å². The summed E-state index contributed by atoms with van der Waals surface area (Å²) >= 11 is 5.90. The third kappa shape index (κ3) is 6.73. The van der Waals surface area contributed by atoms with Crippen molar-refractivity contribution in [3.8, 4) is 0 Å². The van der Waals surface area contributed by atoms with Crippen LogP contribution in [0.4, 0.5) is 4.39 Å². The number of carbonyl (C=O) groups is 1. The molecule has 1 aliphatic heterocycles. The van der Waals surface area contributed by atoms with Gasteiger partial charge in [-0.25, -0.2) is 17.5 Å². The molecule has 2 aromatic rings. The Morgan fingerprint density at radius 2 is 1.75 bits per heavy atom. The van der Waals surface area contributed by atoms with Crippen LogP contribution in [0.3, 0.4) is 0 Å². The SMILES string of the molecule is CS(=O)(=O)NCC(c1ccccc1F)N1CCN(C(=O)[C@H](N)Cc2ccc(Cl)cc2)CC1. The first-order chi connectivity index (χ1) is 15.1. The number of nitrogens with one attached hydrogen (secondary N) is 1. The lowest BCUT2D eigenvalue weighted by Gasteiger charge is -2.40. The molecule has 3 rings (SSSR count). The Morgan fingerprint density at radius 3 is 2.34 bits per heavy atom. The molecule has 7 nitrogen and oxygen atoms in total. The minimum atomic E-state index is -3.44. The Kier molecular flexibility index (Phi) is 8.24. The molecule has 1 saturated heterocycles. The van der Waals surface area contributed by atoms with E-state index in [1.807, 2.05) is 17.0 Å². The maximum Gasteiger partial charge on any atom is 0.239 e. The summed E-state index contributed by atoms with van der Waals surface area (Å²) < 4.78 is 40.2. The van der Waals surface area contributed by atoms with Crippen molar-refractivity contribution < 1.29 is 17.6 Å². The fourth-order valence-electron chi connectivity index (χ4n) is 3.86. The zero-order valence-corrected chi connectivity index (χ0v) is 19.4. The topological polar surface area (TPSA) is 95.7 Å². The number of amides is 1. The van der Waals surface area contributed by atoms with E-state index in [-0.39, 0.29) is 12.5 Å². The molecule has 174 valence electrons. The third-order valence-corrected chi connectivity index (χ3v) is 6.50. The number of hydrogen-bond acceptors (Lipinski definition) is 5. The molecule has 2 atom stereocenters. The Labute approximate surface area is 193 Å². The van der Waals surface area contributed by atoms with Crippen LogP contribution in [0.1, 0.15) is 17.2 Å². The summed E-state index contributed by atoms with van der Waals surface area (Å²) in [5, 5.41) is 0.625. The van der Waals surface area contributed by atoms with Gasteiger partial charge in [0.05, 0.1) is 18.3 Å². The monoisotopic (exact) mass is 482 g/mol. The highest BCUT2D eigenvalue weighted by atomic mass is 35.5. The Balaban J connectivity index is 1.63. The lowest BCUT2D eigenvalue weighted by molar-refractivity contribution is -0.134. The molecule has 2 aromatic carbocycles. The predicted molar refractivity (Wildman–Crippen MR) is 123 cm³/mol. The lowest BCUT2D eigenvalue weighted by atomic mass is 10.0. The second-order valence-electron chi connectivity index (χ2n) is 7.96. The van der Waals surface area contributed by atoms with E-state index < -0.39 is 27.9 Å². The van der Waals surface area contributed by atoms with Crippen LogP contribution in [0, 0.1) is 5.82 Å². The zero-order valence-electron chi connectivity index (χ0n) is 17.9. The van der Waals surface area contributed by atoms with E-state index in [0.29, 0.717) is 43.2 Å². The molecule has 1 aliphatic rings. The molecular weight excluding hydrogens is 455 g/mol. The molecule has 0 radical (unpaired) electrons. The van der Waals surface area contributed by atoms with Gasteiger partial charge in [-0.15, -0.1) is 0 Å². The van der Waals surface area contributed by atoms with Crippen molar-refractivity contribution in [3.05, 3.63) is 70.5 Å². The molecular formula is C22H28ClFN4O3S. The molecule has 1 fully saturated rings. The van der Waals surface area contributed by atoms with Gasteiger partial charge < -0.3 is 10.6 Å². The van der Waals surface area contributed by atoms with Crippen molar-refractivity contribution in [2.45, 2.75) is 18.5 Å². The van der Waals surface area contributed by atoms with Crippen molar-refractivity contribution >= 4 is 27.5 Å². The van der Waals surface area contributed by atoms with E-state index in [1.54, 1.807) is 35.2 Å². The van der Waals surface area contributed by atoms with E-state index in [9.17, 15) is 17.6 Å². The molecule has 10 heteroatoms. The average Bonchev–Trinajstić information content (AvgIpc) is 2.76. The summed E-state index contributed by atoms with van der Waals surface area (Å²) in [5.74, 6) is -0.535. The molecule has 3 N–H and O–H groups in total. The highest BCUT2D eigenvalue weighted by Crippen LogP contribution is 2.24. The maximum absolute atomic E-state index is 14.5. The number of piperazine rings is 1. The normalized spacial score (nSPS) is 17.2. The Hall–Kier alpha value is -2.04. The molecule has 1 amide bonds. The van der Waals surface area contributed by atoms with Crippen LogP contribution in [0.2, 0.25) is 5.02 Å². The lowest BCUT2D eigenvalue weighted by Crippen LogP contribution is -2.55. The number of carbonyl (C=O) groups excluding carboxylic acids is 1. The first-order valence-electron chi connectivity index (χ1n) is 10.4. The number of benzene rings is 2. The number of nitrogens with two attached hydrogens (primary N) is 1. The van der Waals surface area contributed by atoms with Crippen LogP contribution in [-0.4, -0.2) is 69.1 Å². The molecule has 0 aromatic heterocycles. The quantitative estimate of drug-likeness (QED) is 0.598. The van der Waals surface area contributed by atoms with Crippen LogP contribution >= 0.6 is 11.6 Å². The van der Waals surface area contributed by atoms with Gasteiger partial charge in [-0.05, 0) is 30.2 Å². The molecule has 0 aliphatic carbocycles. The van der Waals surface area contributed by atoms with E-state index in [4.69, 9.17) is 17.3 Å². The molecule has 0 bridgehead atoms. The van der Waals surface area contributed by atoms with Gasteiger partial charge in [0.2, 0.25) is 15.9 Å². The summed E-state index contributed by atoms with van der Waals surface area (Å²) in [6.45, 7) is 1.85. The van der Waals surface area contributed by atoms with Crippen molar-refractivity contribution in [3.63, 3.8) is 0 Å². The van der Waals surface area contributed by atoms with Crippen LogP contribution in [0.25, 0.3) is 0 Å². The summed E-state index contributed by atoms with van der Waals surface area (Å²) in [4.78, 5) is 16.5. The molecule has 1 unspecified atom stereocenters. The fraction of sp³-hybridized carbons (Fsp3) is 0.409. The van der Waals surface area contributed by atoms with E-state index in [1.165, 1.54) is 6.07 Å². The number of rotatable bonds is 8. The van der Waals surface area contributed by atoms with Gasteiger partial charge >= 0.3 is 0 Å². The first-order valence-corrected chi connectivity index (χ1v) is 12.6. The van der Waals surface area contributed by atoms with Gasteiger partial charge in [-0.1, -0.05) is 41.9 Å². The van der Waals surface area contributed by atoms with Gasteiger partial charge in [0.1, 0.15) is 5.82 Å². The number of nitrogens with zero attached hydrogens (tertiary/aromatic N) is 2. The number of sulfonamides is 1. The van der Waals surface area contributed by atoms with Crippen molar-refractivity contribution in [1.82, 2.24) is 14.5 Å². The minimum Gasteiger partial charge on any atom is -0.339 e. The van der Waals surface area contributed by atoms with Crippen molar-refractivity contribution in [2.24, 2.45) is 5.73 Å². The smallest absolute Gasteiger partial charge is 0.239 e. The summed E-state index contributed by atoms with van der Waals surface area (Å²) in [7, 11) is -3.44.